The van der Waals surface area contributed by atoms with Crippen molar-refractivity contribution in [2.24, 2.45) is 4.99 Å². The highest BCUT2D eigenvalue weighted by Gasteiger charge is 2.29. The van der Waals surface area contributed by atoms with Gasteiger partial charge < -0.3 is 15.2 Å². The van der Waals surface area contributed by atoms with Gasteiger partial charge in [-0.25, -0.2) is 0 Å². The molecule has 0 radical (unpaired) electrons. The standard InChI is InChI=1S/C19H32N4OS/c1-4-20-18(22-15-19(3)11-8-14-25-19)21-12-5-6-13-23-16(2)9-7-10-17(23)24/h7,9-10H,4-6,8,11-15H2,1-3H3,(H2,20,21,22). The van der Waals surface area contributed by atoms with Crippen LogP contribution in [0.15, 0.2) is 28.0 Å². The molecule has 1 fully saturated rings. The topological polar surface area (TPSA) is 58.4 Å². The van der Waals surface area contributed by atoms with Gasteiger partial charge in [-0.2, -0.15) is 11.8 Å². The van der Waals surface area contributed by atoms with Gasteiger partial charge in [0.2, 0.25) is 0 Å². The SMILES string of the molecule is CCNC(=NCC1(C)CCCS1)NCCCCn1c(C)cccc1=O. The molecule has 0 aromatic carbocycles. The summed E-state index contributed by atoms with van der Waals surface area (Å²) in [6, 6.07) is 5.43. The molecule has 140 valence electrons. The molecule has 0 saturated carbocycles. The van der Waals surface area contributed by atoms with E-state index in [1.807, 2.05) is 35.4 Å². The Kier molecular flexibility index (Phi) is 7.88. The van der Waals surface area contributed by atoms with Gasteiger partial charge in [0, 0.05) is 36.1 Å². The third-order valence-corrected chi connectivity index (χ3v) is 6.11. The molecule has 1 aromatic rings. The average Bonchev–Trinajstić information content (AvgIpc) is 3.01. The summed E-state index contributed by atoms with van der Waals surface area (Å²) in [6.07, 6.45) is 4.55. The second-order valence-corrected chi connectivity index (χ2v) is 8.57. The molecular formula is C19H32N4OS. The summed E-state index contributed by atoms with van der Waals surface area (Å²) in [6.45, 7) is 9.77. The maximum Gasteiger partial charge on any atom is 0.250 e. The van der Waals surface area contributed by atoms with E-state index in [-0.39, 0.29) is 5.56 Å². The lowest BCUT2D eigenvalue weighted by Gasteiger charge is -2.21. The molecular weight excluding hydrogens is 332 g/mol. The van der Waals surface area contributed by atoms with E-state index < -0.39 is 0 Å². The number of aliphatic imine (C=N–C) groups is 1. The molecule has 0 aliphatic carbocycles. The van der Waals surface area contributed by atoms with Gasteiger partial charge in [0.15, 0.2) is 5.96 Å². The van der Waals surface area contributed by atoms with E-state index in [2.05, 4.69) is 24.5 Å². The summed E-state index contributed by atoms with van der Waals surface area (Å²) in [7, 11) is 0. The lowest BCUT2D eigenvalue weighted by molar-refractivity contribution is 0.573. The Morgan fingerprint density at radius 3 is 2.88 bits per heavy atom. The summed E-state index contributed by atoms with van der Waals surface area (Å²) >= 11 is 2.04. The van der Waals surface area contributed by atoms with Crippen LogP contribution in [0.3, 0.4) is 0 Å². The first-order chi connectivity index (χ1) is 12.0. The number of pyridine rings is 1. The summed E-state index contributed by atoms with van der Waals surface area (Å²) in [5, 5.41) is 6.74. The Balaban J connectivity index is 1.74. The van der Waals surface area contributed by atoms with Crippen molar-refractivity contribution in [3.8, 4) is 0 Å². The Bertz CT molecular complexity index is 620. The molecule has 6 heteroatoms. The van der Waals surface area contributed by atoms with Crippen molar-refractivity contribution >= 4 is 17.7 Å². The fraction of sp³-hybridized carbons (Fsp3) is 0.684. The van der Waals surface area contributed by atoms with Crippen molar-refractivity contribution in [1.82, 2.24) is 15.2 Å². The van der Waals surface area contributed by atoms with E-state index in [4.69, 9.17) is 4.99 Å². The van der Waals surface area contributed by atoms with Gasteiger partial charge in [-0.05, 0) is 58.3 Å². The summed E-state index contributed by atoms with van der Waals surface area (Å²) in [5.41, 5.74) is 1.11. The maximum atomic E-state index is 11.9. The van der Waals surface area contributed by atoms with E-state index in [1.165, 1.54) is 18.6 Å². The van der Waals surface area contributed by atoms with Crippen molar-refractivity contribution in [2.75, 3.05) is 25.4 Å². The number of hydrogen-bond donors (Lipinski definition) is 2. The lowest BCUT2D eigenvalue weighted by atomic mass is 10.1. The molecule has 2 rings (SSSR count). The highest BCUT2D eigenvalue weighted by atomic mass is 32.2. The Hall–Kier alpha value is -1.43. The number of aryl methyl sites for hydroxylation is 1. The number of guanidine groups is 1. The number of hydrogen-bond acceptors (Lipinski definition) is 3. The number of aromatic nitrogens is 1. The zero-order valence-corrected chi connectivity index (χ0v) is 16.6. The van der Waals surface area contributed by atoms with Crippen molar-refractivity contribution < 1.29 is 0 Å². The largest absolute Gasteiger partial charge is 0.357 e. The molecule has 1 aromatic heterocycles. The molecule has 25 heavy (non-hydrogen) atoms. The van der Waals surface area contributed by atoms with Crippen LogP contribution in [0.2, 0.25) is 0 Å². The summed E-state index contributed by atoms with van der Waals surface area (Å²) in [4.78, 5) is 16.6. The number of nitrogens with zero attached hydrogens (tertiary/aromatic N) is 2. The highest BCUT2D eigenvalue weighted by molar-refractivity contribution is 8.00. The molecule has 0 bridgehead atoms. The molecule has 2 heterocycles. The van der Waals surface area contributed by atoms with Crippen molar-refractivity contribution in [1.29, 1.82) is 0 Å². The number of rotatable bonds is 8. The minimum atomic E-state index is 0.0881. The van der Waals surface area contributed by atoms with Crippen molar-refractivity contribution in [3.05, 3.63) is 34.2 Å². The average molecular weight is 365 g/mol. The lowest BCUT2D eigenvalue weighted by Crippen LogP contribution is -2.39. The van der Waals surface area contributed by atoms with Crippen LogP contribution in [-0.2, 0) is 6.54 Å². The normalized spacial score (nSPS) is 20.7. The fourth-order valence-electron chi connectivity index (χ4n) is 3.06. The van der Waals surface area contributed by atoms with Gasteiger partial charge in [0.1, 0.15) is 0 Å². The van der Waals surface area contributed by atoms with Crippen LogP contribution in [0, 0.1) is 6.92 Å². The first kappa shape index (κ1) is 19.9. The van der Waals surface area contributed by atoms with Crippen LogP contribution in [0.25, 0.3) is 0 Å². The van der Waals surface area contributed by atoms with Gasteiger partial charge in [0.25, 0.3) is 5.56 Å². The highest BCUT2D eigenvalue weighted by Crippen LogP contribution is 2.37. The number of nitrogens with one attached hydrogen (secondary N) is 2. The van der Waals surface area contributed by atoms with Crippen LogP contribution in [0.5, 0.6) is 0 Å². The van der Waals surface area contributed by atoms with E-state index in [1.54, 1.807) is 6.07 Å². The van der Waals surface area contributed by atoms with Crippen LogP contribution in [0.4, 0.5) is 0 Å². The minimum Gasteiger partial charge on any atom is -0.357 e. The second kappa shape index (κ2) is 9.90. The molecule has 1 unspecified atom stereocenters. The fourth-order valence-corrected chi connectivity index (χ4v) is 4.29. The monoisotopic (exact) mass is 364 g/mol. The van der Waals surface area contributed by atoms with Gasteiger partial charge in [-0.3, -0.25) is 9.79 Å². The van der Waals surface area contributed by atoms with Gasteiger partial charge in [-0.1, -0.05) is 6.07 Å². The molecule has 1 aliphatic heterocycles. The molecule has 0 amide bonds. The minimum absolute atomic E-state index is 0.0881. The van der Waals surface area contributed by atoms with Crippen LogP contribution < -0.4 is 16.2 Å². The molecule has 0 spiro atoms. The van der Waals surface area contributed by atoms with Crippen LogP contribution in [0.1, 0.15) is 45.2 Å². The first-order valence-corrected chi connectivity index (χ1v) is 10.4. The van der Waals surface area contributed by atoms with Crippen LogP contribution in [-0.4, -0.2) is 40.7 Å². The predicted octanol–water partition coefficient (Wildman–Crippen LogP) is 2.78. The van der Waals surface area contributed by atoms with E-state index in [9.17, 15) is 4.79 Å². The molecule has 2 N–H and O–H groups in total. The molecule has 1 saturated heterocycles. The Morgan fingerprint density at radius 1 is 1.36 bits per heavy atom. The number of unbranched alkanes of at least 4 members (excludes halogenated alkanes) is 1. The quantitative estimate of drug-likeness (QED) is 0.423. The Labute approximate surface area is 155 Å². The molecule has 5 nitrogen and oxygen atoms in total. The van der Waals surface area contributed by atoms with E-state index >= 15 is 0 Å². The summed E-state index contributed by atoms with van der Waals surface area (Å²) in [5.74, 6) is 2.16. The smallest absolute Gasteiger partial charge is 0.250 e. The zero-order valence-electron chi connectivity index (χ0n) is 15.8. The second-order valence-electron chi connectivity index (χ2n) is 6.89. The molecule has 1 aliphatic rings. The van der Waals surface area contributed by atoms with Gasteiger partial charge in [-0.15, -0.1) is 0 Å². The van der Waals surface area contributed by atoms with Crippen molar-refractivity contribution in [3.63, 3.8) is 0 Å². The molecule has 1 atom stereocenters. The first-order valence-electron chi connectivity index (χ1n) is 9.37. The summed E-state index contributed by atoms with van der Waals surface area (Å²) < 4.78 is 2.14. The Morgan fingerprint density at radius 2 is 2.20 bits per heavy atom. The van der Waals surface area contributed by atoms with Crippen molar-refractivity contribution in [2.45, 2.75) is 57.7 Å². The van der Waals surface area contributed by atoms with Gasteiger partial charge >= 0.3 is 0 Å². The number of thioether (sulfide) groups is 1. The maximum absolute atomic E-state index is 11.9. The van der Waals surface area contributed by atoms with Gasteiger partial charge in [0.05, 0.1) is 6.54 Å². The van der Waals surface area contributed by atoms with Crippen LogP contribution >= 0.6 is 11.8 Å². The zero-order chi connectivity index (χ0) is 18.1. The van der Waals surface area contributed by atoms with E-state index in [0.717, 1.165) is 50.7 Å². The third-order valence-electron chi connectivity index (χ3n) is 4.59. The van der Waals surface area contributed by atoms with E-state index in [0.29, 0.717) is 4.75 Å². The predicted molar refractivity (Wildman–Crippen MR) is 109 cm³/mol. The third kappa shape index (κ3) is 6.42.